The van der Waals surface area contributed by atoms with Crippen LogP contribution in [0.15, 0.2) is 0 Å². The van der Waals surface area contributed by atoms with E-state index in [1.807, 2.05) is 0 Å². The summed E-state index contributed by atoms with van der Waals surface area (Å²) in [6.45, 7) is 1.31. The molecule has 0 spiro atoms. The number of rotatable bonds is 2. The highest BCUT2D eigenvalue weighted by Gasteiger charge is 2.83. The molecule has 0 N–H and O–H groups in total. The normalized spacial score (nSPS) is 16.2. The van der Waals surface area contributed by atoms with E-state index in [9.17, 15) is 39.5 Å². The Morgan fingerprint density at radius 3 is 0.941 bits per heavy atom. The maximum Gasteiger partial charge on any atom is 0.460 e. The molecule has 0 radical (unpaired) electrons. The fourth-order valence-corrected chi connectivity index (χ4v) is 0.846. The average molecular weight is 276 g/mol. The number of hydrogen-bond acceptors (Lipinski definition) is 0. The van der Waals surface area contributed by atoms with Crippen LogP contribution >= 0.6 is 0 Å². The van der Waals surface area contributed by atoms with Crippen molar-refractivity contribution in [1.29, 1.82) is 0 Å². The molecule has 0 fully saturated rings. The van der Waals surface area contributed by atoms with E-state index in [0.29, 0.717) is 20.8 Å². The Labute approximate surface area is 90.8 Å². The predicted octanol–water partition coefficient (Wildman–Crippen LogP) is 4.50. The summed E-state index contributed by atoms with van der Waals surface area (Å²) in [5, 5.41) is 0. The molecule has 0 unspecified atom stereocenters. The van der Waals surface area contributed by atoms with Crippen molar-refractivity contribution in [3.63, 3.8) is 0 Å². The van der Waals surface area contributed by atoms with Gasteiger partial charge in [-0.2, -0.15) is 39.5 Å². The molecular formula is C8H9F9. The average Bonchev–Trinajstić information content (AvgIpc) is 1.98. The monoisotopic (exact) mass is 276 g/mol. The highest BCUT2D eigenvalue weighted by Crippen LogP contribution is 2.57. The lowest BCUT2D eigenvalue weighted by Gasteiger charge is -2.40. The van der Waals surface area contributed by atoms with Crippen molar-refractivity contribution in [3.05, 3.63) is 0 Å². The van der Waals surface area contributed by atoms with E-state index in [1.165, 1.54) is 0 Å². The van der Waals surface area contributed by atoms with Crippen molar-refractivity contribution in [3.8, 4) is 0 Å². The molecule has 0 aromatic heterocycles. The van der Waals surface area contributed by atoms with Crippen LogP contribution in [0.3, 0.4) is 0 Å². The van der Waals surface area contributed by atoms with Gasteiger partial charge < -0.3 is 0 Å². The van der Waals surface area contributed by atoms with E-state index < -0.39 is 29.4 Å². The molecule has 0 aliphatic rings. The third-order valence-electron chi connectivity index (χ3n) is 2.09. The maximum atomic E-state index is 13.0. The summed E-state index contributed by atoms with van der Waals surface area (Å²) in [6.07, 6.45) is -6.76. The minimum Gasteiger partial charge on any atom is -0.199 e. The second kappa shape index (κ2) is 3.68. The van der Waals surface area contributed by atoms with Gasteiger partial charge in [-0.05, 0) is 0 Å². The van der Waals surface area contributed by atoms with Gasteiger partial charge in [-0.3, -0.25) is 0 Å². The zero-order chi connectivity index (χ0) is 14.5. The molecule has 17 heavy (non-hydrogen) atoms. The fourth-order valence-electron chi connectivity index (χ4n) is 0.846. The quantitative estimate of drug-likeness (QED) is 0.651. The topological polar surface area (TPSA) is 0 Å². The van der Waals surface area contributed by atoms with Crippen molar-refractivity contribution in [2.45, 2.75) is 44.7 Å². The van der Waals surface area contributed by atoms with Crippen LogP contribution in [-0.4, -0.2) is 23.9 Å². The van der Waals surface area contributed by atoms with Crippen molar-refractivity contribution in [2.24, 2.45) is 5.41 Å². The van der Waals surface area contributed by atoms with Crippen molar-refractivity contribution >= 4 is 0 Å². The molecule has 9 heteroatoms. The first kappa shape index (κ1) is 16.4. The Hall–Kier alpha value is -0.630. The van der Waals surface area contributed by atoms with Gasteiger partial charge in [0.2, 0.25) is 0 Å². The molecule has 0 amide bonds. The van der Waals surface area contributed by atoms with Crippen molar-refractivity contribution in [2.75, 3.05) is 0 Å². The molecule has 0 aromatic carbocycles. The van der Waals surface area contributed by atoms with E-state index in [2.05, 4.69) is 0 Å². The van der Waals surface area contributed by atoms with E-state index in [4.69, 9.17) is 0 Å². The largest absolute Gasteiger partial charge is 0.460 e. The second-order valence-electron chi connectivity index (χ2n) is 4.47. The van der Waals surface area contributed by atoms with Crippen LogP contribution in [0.5, 0.6) is 0 Å². The maximum absolute atomic E-state index is 13.0. The van der Waals surface area contributed by atoms with Gasteiger partial charge in [0.25, 0.3) is 0 Å². The Balaban J connectivity index is 5.73. The Morgan fingerprint density at radius 1 is 0.471 bits per heavy atom. The lowest BCUT2D eigenvalue weighted by atomic mass is 9.82. The third kappa shape index (κ3) is 2.20. The van der Waals surface area contributed by atoms with Gasteiger partial charge in [0, 0.05) is 5.41 Å². The summed E-state index contributed by atoms with van der Waals surface area (Å²) in [4.78, 5) is 0. The summed E-state index contributed by atoms with van der Waals surface area (Å²) < 4.78 is 111. The zero-order valence-electron chi connectivity index (χ0n) is 8.90. The zero-order valence-corrected chi connectivity index (χ0v) is 8.90. The second-order valence-corrected chi connectivity index (χ2v) is 4.47. The molecule has 0 heterocycles. The SMILES string of the molecule is CC(C)(C)C(F)(F)C(F)(F)C(F)(F)C(F)(F)F. The molecule has 0 aromatic rings. The molecule has 0 saturated carbocycles. The van der Waals surface area contributed by atoms with Gasteiger partial charge in [0.15, 0.2) is 0 Å². The molecule has 0 atom stereocenters. The lowest BCUT2D eigenvalue weighted by Crippen LogP contribution is -2.64. The number of alkyl halides is 9. The van der Waals surface area contributed by atoms with Crippen LogP contribution in [0.1, 0.15) is 20.8 Å². The minimum atomic E-state index is -6.81. The van der Waals surface area contributed by atoms with Crippen LogP contribution in [0.4, 0.5) is 39.5 Å². The molecule has 0 aliphatic carbocycles. The molecule has 0 bridgehead atoms. The lowest BCUT2D eigenvalue weighted by molar-refractivity contribution is -0.408. The van der Waals surface area contributed by atoms with Crippen LogP contribution < -0.4 is 0 Å². The van der Waals surface area contributed by atoms with E-state index in [0.717, 1.165) is 0 Å². The van der Waals surface area contributed by atoms with Crippen molar-refractivity contribution in [1.82, 2.24) is 0 Å². The summed E-state index contributed by atoms with van der Waals surface area (Å²) in [7, 11) is 0. The van der Waals surface area contributed by atoms with Crippen molar-refractivity contribution < 1.29 is 39.5 Å². The molecule has 0 nitrogen and oxygen atoms in total. The molecule has 0 rings (SSSR count). The summed E-state index contributed by atoms with van der Waals surface area (Å²) in [6, 6.07) is 0. The Bertz CT molecular complexity index is 252. The predicted molar refractivity (Wildman–Crippen MR) is 40.4 cm³/mol. The van der Waals surface area contributed by atoms with E-state index in [1.54, 1.807) is 0 Å². The van der Waals surface area contributed by atoms with Crippen LogP contribution in [0, 0.1) is 5.41 Å². The summed E-state index contributed by atoms with van der Waals surface area (Å²) in [5.74, 6) is -18.9. The first-order valence-electron chi connectivity index (χ1n) is 4.20. The van der Waals surface area contributed by atoms with Gasteiger partial charge in [-0.15, -0.1) is 0 Å². The minimum absolute atomic E-state index is 0.438. The molecule has 0 saturated heterocycles. The van der Waals surface area contributed by atoms with E-state index in [-0.39, 0.29) is 0 Å². The van der Waals surface area contributed by atoms with Crippen LogP contribution in [-0.2, 0) is 0 Å². The highest BCUT2D eigenvalue weighted by molar-refractivity contribution is 5.04. The van der Waals surface area contributed by atoms with Crippen LogP contribution in [0.2, 0.25) is 0 Å². The summed E-state index contributed by atoms with van der Waals surface area (Å²) >= 11 is 0. The molecule has 104 valence electrons. The van der Waals surface area contributed by atoms with E-state index >= 15 is 0 Å². The Morgan fingerprint density at radius 2 is 0.765 bits per heavy atom. The van der Waals surface area contributed by atoms with Gasteiger partial charge >= 0.3 is 23.9 Å². The van der Waals surface area contributed by atoms with Gasteiger partial charge in [-0.1, -0.05) is 20.8 Å². The third-order valence-corrected chi connectivity index (χ3v) is 2.09. The highest BCUT2D eigenvalue weighted by atomic mass is 19.4. The fraction of sp³-hybridized carbons (Fsp3) is 1.00. The Kier molecular flexibility index (Phi) is 3.54. The van der Waals surface area contributed by atoms with Crippen LogP contribution in [0.25, 0.3) is 0 Å². The molecule has 0 aliphatic heterocycles. The first-order chi connectivity index (χ1) is 7.00. The molecular weight excluding hydrogens is 267 g/mol. The van der Waals surface area contributed by atoms with Gasteiger partial charge in [-0.25, -0.2) is 0 Å². The summed E-state index contributed by atoms with van der Waals surface area (Å²) in [5.41, 5.74) is -2.76. The number of halogens is 9. The van der Waals surface area contributed by atoms with Gasteiger partial charge in [0.1, 0.15) is 0 Å². The number of hydrogen-bond donors (Lipinski definition) is 0. The first-order valence-corrected chi connectivity index (χ1v) is 4.20. The van der Waals surface area contributed by atoms with Gasteiger partial charge in [0.05, 0.1) is 0 Å². The smallest absolute Gasteiger partial charge is 0.199 e. The standard InChI is InChI=1S/C8H9F9/c1-4(2,3)5(9,10)6(11,12)7(13,14)8(15,16)17/h1-3H3.